The topological polar surface area (TPSA) is 78.9 Å². The van der Waals surface area contributed by atoms with E-state index in [1.165, 1.54) is 25.7 Å². The van der Waals surface area contributed by atoms with Gasteiger partial charge in [0.1, 0.15) is 0 Å². The zero-order valence-electron chi connectivity index (χ0n) is 12.7. The number of carboxylic acid groups (broad SMARTS) is 1. The van der Waals surface area contributed by atoms with Gasteiger partial charge in [0, 0.05) is 19.6 Å². The minimum atomic E-state index is -0.890. The van der Waals surface area contributed by atoms with Gasteiger partial charge >= 0.3 is 12.0 Å². The molecule has 120 valence electrons. The van der Waals surface area contributed by atoms with Crippen molar-refractivity contribution in [3.05, 3.63) is 0 Å². The summed E-state index contributed by atoms with van der Waals surface area (Å²) in [6, 6.07) is -0.0905. The van der Waals surface area contributed by atoms with Gasteiger partial charge in [0.2, 0.25) is 0 Å². The first kappa shape index (κ1) is 16.1. The molecule has 0 aromatic heterocycles. The van der Waals surface area contributed by atoms with E-state index in [9.17, 15) is 9.59 Å². The van der Waals surface area contributed by atoms with Crippen LogP contribution in [0.15, 0.2) is 0 Å². The van der Waals surface area contributed by atoms with E-state index in [-0.39, 0.29) is 12.5 Å². The Morgan fingerprint density at radius 1 is 1.29 bits per heavy atom. The fourth-order valence-electron chi connectivity index (χ4n) is 3.10. The Morgan fingerprint density at radius 3 is 2.67 bits per heavy atom. The number of ether oxygens (including phenoxy) is 1. The maximum Gasteiger partial charge on any atom is 0.317 e. The average Bonchev–Trinajstić information content (AvgIpc) is 2.46. The minimum absolute atomic E-state index is 0.0513. The summed E-state index contributed by atoms with van der Waals surface area (Å²) in [6.45, 7) is 4.31. The van der Waals surface area contributed by atoms with Crippen LogP contribution in [0.4, 0.5) is 4.79 Å². The molecule has 1 heterocycles. The van der Waals surface area contributed by atoms with Crippen LogP contribution in [0.1, 0.15) is 39.0 Å². The number of rotatable bonds is 4. The van der Waals surface area contributed by atoms with Crippen LogP contribution in [0.2, 0.25) is 0 Å². The zero-order valence-corrected chi connectivity index (χ0v) is 12.7. The van der Waals surface area contributed by atoms with Crippen molar-refractivity contribution in [3.63, 3.8) is 0 Å². The first-order chi connectivity index (χ1) is 10.0. The highest BCUT2D eigenvalue weighted by Crippen LogP contribution is 2.27. The third-order valence-corrected chi connectivity index (χ3v) is 4.51. The molecule has 1 aliphatic carbocycles. The molecule has 21 heavy (non-hydrogen) atoms. The van der Waals surface area contributed by atoms with Crippen molar-refractivity contribution in [2.75, 3.05) is 26.2 Å². The third kappa shape index (κ3) is 5.19. The summed E-state index contributed by atoms with van der Waals surface area (Å²) in [5.41, 5.74) is 0. The summed E-state index contributed by atoms with van der Waals surface area (Å²) in [4.78, 5) is 24.5. The molecule has 0 aromatic carbocycles. The monoisotopic (exact) mass is 298 g/mol. The number of amides is 2. The molecule has 1 aliphatic heterocycles. The van der Waals surface area contributed by atoms with Gasteiger partial charge in [-0.1, -0.05) is 19.8 Å². The molecule has 2 aliphatic rings. The van der Waals surface area contributed by atoms with E-state index < -0.39 is 12.1 Å². The molecule has 6 nitrogen and oxygen atoms in total. The summed E-state index contributed by atoms with van der Waals surface area (Å²) in [7, 11) is 0. The molecule has 6 heteroatoms. The van der Waals surface area contributed by atoms with Gasteiger partial charge in [0.25, 0.3) is 0 Å². The Balaban J connectivity index is 1.71. The second-order valence-electron chi connectivity index (χ2n) is 6.35. The number of nitrogens with zero attached hydrogens (tertiary/aromatic N) is 1. The predicted octanol–water partition coefficient (Wildman–Crippen LogP) is 1.70. The standard InChI is InChI=1S/C15H26N2O4/c1-11-2-4-12(5-3-11)9-16-15(20)17-6-7-21-13(10-17)8-14(18)19/h11-13H,2-10H2,1H3,(H,16,20)(H,18,19). The molecule has 0 bridgehead atoms. The van der Waals surface area contributed by atoms with E-state index in [2.05, 4.69) is 12.2 Å². The highest BCUT2D eigenvalue weighted by atomic mass is 16.5. The average molecular weight is 298 g/mol. The molecule has 1 saturated heterocycles. The largest absolute Gasteiger partial charge is 0.481 e. The van der Waals surface area contributed by atoms with Crippen LogP contribution in [0.25, 0.3) is 0 Å². The Labute approximate surface area is 125 Å². The number of hydrogen-bond acceptors (Lipinski definition) is 3. The van der Waals surface area contributed by atoms with E-state index in [0.717, 1.165) is 12.5 Å². The summed E-state index contributed by atoms with van der Waals surface area (Å²) in [6.07, 6.45) is 4.43. The van der Waals surface area contributed by atoms with Gasteiger partial charge in [-0.15, -0.1) is 0 Å². The predicted molar refractivity (Wildman–Crippen MR) is 78.1 cm³/mol. The molecule has 1 atom stereocenters. The number of urea groups is 1. The summed E-state index contributed by atoms with van der Waals surface area (Å²) >= 11 is 0. The van der Waals surface area contributed by atoms with Crippen molar-refractivity contribution in [2.45, 2.75) is 45.1 Å². The van der Waals surface area contributed by atoms with Crippen molar-refractivity contribution >= 4 is 12.0 Å². The maximum atomic E-state index is 12.1. The molecule has 0 aromatic rings. The first-order valence-corrected chi connectivity index (χ1v) is 7.90. The van der Waals surface area contributed by atoms with Crippen LogP contribution in [-0.2, 0) is 9.53 Å². The quantitative estimate of drug-likeness (QED) is 0.828. The van der Waals surface area contributed by atoms with E-state index in [1.807, 2.05) is 0 Å². The molecule has 1 unspecified atom stereocenters. The Kier molecular flexibility index (Phi) is 5.85. The molecule has 2 amide bonds. The van der Waals surface area contributed by atoms with Crippen LogP contribution in [0, 0.1) is 11.8 Å². The molecule has 2 rings (SSSR count). The Hall–Kier alpha value is -1.30. The summed E-state index contributed by atoms with van der Waals surface area (Å²) in [5.74, 6) is 0.507. The van der Waals surface area contributed by atoms with Gasteiger partial charge in [0.05, 0.1) is 19.1 Å². The molecule has 2 N–H and O–H groups in total. The number of hydrogen-bond donors (Lipinski definition) is 2. The summed E-state index contributed by atoms with van der Waals surface area (Å²) in [5, 5.41) is 11.8. The number of nitrogens with one attached hydrogen (secondary N) is 1. The molecule has 0 radical (unpaired) electrons. The number of carbonyl (C=O) groups excluding carboxylic acids is 1. The summed E-state index contributed by atoms with van der Waals surface area (Å²) < 4.78 is 5.37. The molecule has 0 spiro atoms. The van der Waals surface area contributed by atoms with E-state index in [1.54, 1.807) is 4.90 Å². The number of morpholine rings is 1. The lowest BCUT2D eigenvalue weighted by Gasteiger charge is -2.33. The minimum Gasteiger partial charge on any atom is -0.481 e. The number of carboxylic acids is 1. The Bertz CT molecular complexity index is 367. The van der Waals surface area contributed by atoms with E-state index in [4.69, 9.17) is 9.84 Å². The van der Waals surface area contributed by atoms with Crippen molar-refractivity contribution < 1.29 is 19.4 Å². The van der Waals surface area contributed by atoms with Gasteiger partial charge in [0.15, 0.2) is 0 Å². The van der Waals surface area contributed by atoms with Crippen molar-refractivity contribution in [1.82, 2.24) is 10.2 Å². The second-order valence-corrected chi connectivity index (χ2v) is 6.35. The van der Waals surface area contributed by atoms with Crippen LogP contribution in [0.3, 0.4) is 0 Å². The molecular formula is C15H26N2O4. The molecule has 1 saturated carbocycles. The molecule has 2 fully saturated rings. The van der Waals surface area contributed by atoms with Crippen LogP contribution >= 0.6 is 0 Å². The first-order valence-electron chi connectivity index (χ1n) is 7.90. The van der Waals surface area contributed by atoms with Gasteiger partial charge in [-0.25, -0.2) is 4.79 Å². The number of carbonyl (C=O) groups is 2. The fourth-order valence-corrected chi connectivity index (χ4v) is 3.10. The van der Waals surface area contributed by atoms with Gasteiger partial charge in [-0.3, -0.25) is 4.79 Å². The van der Waals surface area contributed by atoms with E-state index in [0.29, 0.717) is 25.6 Å². The van der Waals surface area contributed by atoms with Crippen LogP contribution < -0.4 is 5.32 Å². The van der Waals surface area contributed by atoms with E-state index >= 15 is 0 Å². The van der Waals surface area contributed by atoms with Gasteiger partial charge < -0.3 is 20.1 Å². The highest BCUT2D eigenvalue weighted by Gasteiger charge is 2.26. The van der Waals surface area contributed by atoms with Crippen LogP contribution in [0.5, 0.6) is 0 Å². The lowest BCUT2D eigenvalue weighted by Crippen LogP contribution is -2.50. The SMILES string of the molecule is CC1CCC(CNC(=O)N2CCOC(CC(=O)O)C2)CC1. The fraction of sp³-hybridized carbons (Fsp3) is 0.867. The zero-order chi connectivity index (χ0) is 15.2. The Morgan fingerprint density at radius 2 is 2.00 bits per heavy atom. The van der Waals surface area contributed by atoms with Crippen LogP contribution in [-0.4, -0.2) is 54.4 Å². The third-order valence-electron chi connectivity index (χ3n) is 4.51. The maximum absolute atomic E-state index is 12.1. The normalized spacial score (nSPS) is 30.0. The van der Waals surface area contributed by atoms with Gasteiger partial charge in [-0.05, 0) is 24.7 Å². The lowest BCUT2D eigenvalue weighted by molar-refractivity contribution is -0.141. The van der Waals surface area contributed by atoms with Crippen molar-refractivity contribution in [3.8, 4) is 0 Å². The second kappa shape index (κ2) is 7.64. The van der Waals surface area contributed by atoms with Gasteiger partial charge in [-0.2, -0.15) is 0 Å². The smallest absolute Gasteiger partial charge is 0.317 e. The molecular weight excluding hydrogens is 272 g/mol. The number of aliphatic carboxylic acids is 1. The van der Waals surface area contributed by atoms with Crippen molar-refractivity contribution in [2.24, 2.45) is 11.8 Å². The van der Waals surface area contributed by atoms with Crippen molar-refractivity contribution in [1.29, 1.82) is 0 Å². The lowest BCUT2D eigenvalue weighted by atomic mass is 9.83. The highest BCUT2D eigenvalue weighted by molar-refractivity contribution is 5.74.